The molecule has 154 valence electrons. The van der Waals surface area contributed by atoms with Crippen molar-refractivity contribution in [1.82, 2.24) is 9.71 Å². The number of unbranched alkanes of at least 4 members (excludes halogenated alkanes) is 2. The van der Waals surface area contributed by atoms with E-state index >= 15 is 0 Å². The number of hydrogen-bond donors (Lipinski definition) is 2. The standard InChI is InChI=1S/C19H34N4O3S/c1-16-15-23(12-13-26-16)18-9-8-17(14-21-18)20-10-6-5-7-11-22-27(24,25)19(2,3)4/h8-9,14,16,20,22H,5-7,10-13,15H2,1-4H3/t16-/m1/s1. The molecule has 1 atom stereocenters. The Morgan fingerprint density at radius 3 is 2.59 bits per heavy atom. The van der Waals surface area contributed by atoms with Crippen LogP contribution in [0.15, 0.2) is 18.3 Å². The lowest BCUT2D eigenvalue weighted by atomic mass is 10.2. The van der Waals surface area contributed by atoms with Crippen LogP contribution in [0.4, 0.5) is 11.5 Å². The number of sulfonamides is 1. The van der Waals surface area contributed by atoms with Crippen LogP contribution in [0.5, 0.6) is 0 Å². The normalized spacial score (nSPS) is 18.5. The number of aromatic nitrogens is 1. The Bertz CT molecular complexity index is 671. The van der Waals surface area contributed by atoms with Crippen molar-refractivity contribution in [2.75, 3.05) is 43.0 Å². The first kappa shape index (κ1) is 21.9. The first-order chi connectivity index (χ1) is 12.7. The number of pyridine rings is 1. The monoisotopic (exact) mass is 398 g/mol. The number of hydrogen-bond acceptors (Lipinski definition) is 6. The minimum Gasteiger partial charge on any atom is -0.384 e. The SMILES string of the molecule is C[C@@H]1CN(c2ccc(NCCCCCNS(=O)(=O)C(C)(C)C)cn2)CCO1. The van der Waals surface area contributed by atoms with Gasteiger partial charge in [0.15, 0.2) is 0 Å². The molecular weight excluding hydrogens is 364 g/mol. The molecule has 0 unspecified atom stereocenters. The van der Waals surface area contributed by atoms with Crippen molar-refractivity contribution in [3.63, 3.8) is 0 Å². The summed E-state index contributed by atoms with van der Waals surface area (Å²) in [6, 6.07) is 4.10. The van der Waals surface area contributed by atoms with Crippen LogP contribution >= 0.6 is 0 Å². The lowest BCUT2D eigenvalue weighted by Gasteiger charge is -2.32. The van der Waals surface area contributed by atoms with E-state index in [2.05, 4.69) is 32.9 Å². The third-order valence-electron chi connectivity index (χ3n) is 4.59. The van der Waals surface area contributed by atoms with Crippen molar-refractivity contribution in [1.29, 1.82) is 0 Å². The third-order valence-corrected chi connectivity index (χ3v) is 6.79. The van der Waals surface area contributed by atoms with Crippen molar-refractivity contribution in [3.05, 3.63) is 18.3 Å². The molecular formula is C19H34N4O3S. The summed E-state index contributed by atoms with van der Waals surface area (Å²) in [7, 11) is -3.24. The second-order valence-electron chi connectivity index (χ2n) is 8.03. The maximum atomic E-state index is 11.9. The lowest BCUT2D eigenvalue weighted by Crippen LogP contribution is -2.41. The summed E-state index contributed by atoms with van der Waals surface area (Å²) in [6.45, 7) is 11.0. The highest BCUT2D eigenvalue weighted by molar-refractivity contribution is 7.90. The molecule has 27 heavy (non-hydrogen) atoms. The Labute approximate surface area is 163 Å². The fraction of sp³-hybridized carbons (Fsp3) is 0.737. The fourth-order valence-corrected chi connectivity index (χ4v) is 3.63. The zero-order valence-electron chi connectivity index (χ0n) is 17.0. The van der Waals surface area contributed by atoms with E-state index < -0.39 is 14.8 Å². The third kappa shape index (κ3) is 6.93. The van der Waals surface area contributed by atoms with E-state index in [1.54, 1.807) is 20.8 Å². The van der Waals surface area contributed by atoms with Gasteiger partial charge in [0.1, 0.15) is 5.82 Å². The molecule has 1 aliphatic heterocycles. The van der Waals surface area contributed by atoms with Gasteiger partial charge in [-0.1, -0.05) is 6.42 Å². The molecule has 0 amide bonds. The van der Waals surface area contributed by atoms with Gasteiger partial charge in [0.05, 0.1) is 29.3 Å². The molecule has 0 spiro atoms. The summed E-state index contributed by atoms with van der Waals surface area (Å²) in [5.41, 5.74) is 1.01. The maximum Gasteiger partial charge on any atom is 0.216 e. The number of rotatable bonds is 9. The smallest absolute Gasteiger partial charge is 0.216 e. The predicted octanol–water partition coefficient (Wildman–Crippen LogP) is 2.61. The average Bonchev–Trinajstić information content (AvgIpc) is 2.60. The van der Waals surface area contributed by atoms with Crippen LogP contribution in [0.3, 0.4) is 0 Å². The molecule has 1 aromatic rings. The summed E-state index contributed by atoms with van der Waals surface area (Å²) >= 11 is 0. The molecule has 2 heterocycles. The molecule has 1 saturated heterocycles. The molecule has 0 aliphatic carbocycles. The minimum absolute atomic E-state index is 0.242. The van der Waals surface area contributed by atoms with E-state index in [0.29, 0.717) is 6.54 Å². The molecule has 0 saturated carbocycles. The van der Waals surface area contributed by atoms with Gasteiger partial charge in [0.2, 0.25) is 10.0 Å². The highest BCUT2D eigenvalue weighted by Gasteiger charge is 2.27. The van der Waals surface area contributed by atoms with E-state index in [-0.39, 0.29) is 6.10 Å². The Hall–Kier alpha value is -1.38. The van der Waals surface area contributed by atoms with Crippen LogP contribution in [0.1, 0.15) is 47.0 Å². The van der Waals surface area contributed by atoms with E-state index in [1.165, 1.54) is 0 Å². The molecule has 2 rings (SSSR count). The number of nitrogens with zero attached hydrogens (tertiary/aromatic N) is 2. The second-order valence-corrected chi connectivity index (χ2v) is 10.6. The topological polar surface area (TPSA) is 83.6 Å². The summed E-state index contributed by atoms with van der Waals surface area (Å²) in [6.07, 6.45) is 4.90. The van der Waals surface area contributed by atoms with Crippen LogP contribution < -0.4 is 14.9 Å². The van der Waals surface area contributed by atoms with Crippen molar-refractivity contribution >= 4 is 21.5 Å². The fourth-order valence-electron chi connectivity index (χ4n) is 2.79. The summed E-state index contributed by atoms with van der Waals surface area (Å²) < 4.78 is 31.4. The molecule has 0 bridgehead atoms. The van der Waals surface area contributed by atoms with Gasteiger partial charge in [-0.05, 0) is 52.7 Å². The van der Waals surface area contributed by atoms with Gasteiger partial charge in [0, 0.05) is 26.2 Å². The zero-order valence-corrected chi connectivity index (χ0v) is 17.8. The summed E-state index contributed by atoms with van der Waals surface area (Å²) in [5.74, 6) is 0.988. The summed E-state index contributed by atoms with van der Waals surface area (Å²) in [4.78, 5) is 6.79. The van der Waals surface area contributed by atoms with Crippen LogP contribution in [0, 0.1) is 0 Å². The maximum absolute atomic E-state index is 11.9. The molecule has 1 aliphatic rings. The van der Waals surface area contributed by atoms with Gasteiger partial charge in [-0.2, -0.15) is 0 Å². The van der Waals surface area contributed by atoms with Crippen molar-refractivity contribution < 1.29 is 13.2 Å². The molecule has 1 aromatic heterocycles. The van der Waals surface area contributed by atoms with Crippen LogP contribution in [0.25, 0.3) is 0 Å². The van der Waals surface area contributed by atoms with Crippen molar-refractivity contribution in [2.45, 2.75) is 57.8 Å². The van der Waals surface area contributed by atoms with Crippen LogP contribution in [-0.2, 0) is 14.8 Å². The highest BCUT2D eigenvalue weighted by Crippen LogP contribution is 2.17. The van der Waals surface area contributed by atoms with E-state index in [0.717, 1.165) is 57.0 Å². The minimum atomic E-state index is -3.24. The first-order valence-corrected chi connectivity index (χ1v) is 11.2. The quantitative estimate of drug-likeness (QED) is 0.622. The molecule has 8 heteroatoms. The molecule has 7 nitrogen and oxygen atoms in total. The van der Waals surface area contributed by atoms with Gasteiger partial charge < -0.3 is 15.0 Å². The number of ether oxygens (including phenoxy) is 1. The largest absolute Gasteiger partial charge is 0.384 e. The van der Waals surface area contributed by atoms with Gasteiger partial charge in [-0.15, -0.1) is 0 Å². The van der Waals surface area contributed by atoms with Gasteiger partial charge in [-0.25, -0.2) is 18.1 Å². The zero-order chi connectivity index (χ0) is 19.9. The highest BCUT2D eigenvalue weighted by atomic mass is 32.2. The molecule has 0 aromatic carbocycles. The second kappa shape index (κ2) is 9.71. The van der Waals surface area contributed by atoms with Gasteiger partial charge >= 0.3 is 0 Å². The predicted molar refractivity (Wildman–Crippen MR) is 111 cm³/mol. The Balaban J connectivity index is 1.62. The number of nitrogens with one attached hydrogen (secondary N) is 2. The van der Waals surface area contributed by atoms with Crippen molar-refractivity contribution in [3.8, 4) is 0 Å². The molecule has 2 N–H and O–H groups in total. The Kier molecular flexibility index (Phi) is 7.88. The van der Waals surface area contributed by atoms with E-state index in [9.17, 15) is 8.42 Å². The average molecular weight is 399 g/mol. The number of morpholine rings is 1. The van der Waals surface area contributed by atoms with Gasteiger partial charge in [0.25, 0.3) is 0 Å². The summed E-state index contributed by atoms with van der Waals surface area (Å²) in [5, 5.41) is 3.37. The molecule has 1 fully saturated rings. The lowest BCUT2D eigenvalue weighted by molar-refractivity contribution is 0.0529. The Morgan fingerprint density at radius 2 is 1.96 bits per heavy atom. The van der Waals surface area contributed by atoms with Crippen LogP contribution in [0.2, 0.25) is 0 Å². The Morgan fingerprint density at radius 1 is 1.22 bits per heavy atom. The van der Waals surface area contributed by atoms with Crippen LogP contribution in [-0.4, -0.2) is 57.0 Å². The first-order valence-electron chi connectivity index (χ1n) is 9.75. The van der Waals surface area contributed by atoms with Crippen molar-refractivity contribution in [2.24, 2.45) is 0 Å². The molecule has 0 radical (unpaired) electrons. The number of anilines is 2. The van der Waals surface area contributed by atoms with E-state index in [4.69, 9.17) is 4.74 Å². The van der Waals surface area contributed by atoms with E-state index in [1.807, 2.05) is 12.3 Å². The van der Waals surface area contributed by atoms with Gasteiger partial charge in [-0.3, -0.25) is 0 Å².